The number of fused-ring (bicyclic) bond motifs is 1. The second-order valence-corrected chi connectivity index (χ2v) is 6.98. The molecule has 0 fully saturated rings. The molecule has 2 aromatic heterocycles. The molecular formula is C19H27N7. The Kier molecular flexibility index (Phi) is 5.37. The molecule has 7 heteroatoms. The van der Waals surface area contributed by atoms with Crippen LogP contribution in [0, 0.1) is 0 Å². The molecule has 1 aromatic carbocycles. The van der Waals surface area contributed by atoms with Crippen LogP contribution in [0.1, 0.15) is 27.7 Å². The fourth-order valence-corrected chi connectivity index (χ4v) is 3.20. The fraction of sp³-hybridized carbons (Fsp3) is 0.421. The highest BCUT2D eigenvalue weighted by Crippen LogP contribution is 2.24. The second kappa shape index (κ2) is 7.70. The summed E-state index contributed by atoms with van der Waals surface area (Å²) in [5.74, 6) is 1.51. The fourth-order valence-electron chi connectivity index (χ4n) is 3.20. The van der Waals surface area contributed by atoms with Gasteiger partial charge >= 0.3 is 0 Å². The van der Waals surface area contributed by atoms with E-state index in [1.807, 2.05) is 24.3 Å². The molecule has 138 valence electrons. The highest BCUT2D eigenvalue weighted by molar-refractivity contribution is 5.85. The van der Waals surface area contributed by atoms with Gasteiger partial charge in [0.1, 0.15) is 17.7 Å². The minimum atomic E-state index is 0.504. The number of hydrogen-bond acceptors (Lipinski definition) is 6. The molecule has 2 heterocycles. The quantitative estimate of drug-likeness (QED) is 0.565. The molecule has 0 atom stereocenters. The summed E-state index contributed by atoms with van der Waals surface area (Å²) in [6.45, 7) is 10.6. The Bertz CT molecular complexity index is 861. The lowest BCUT2D eigenvalue weighted by Gasteiger charge is -2.30. The van der Waals surface area contributed by atoms with Gasteiger partial charge in [0.25, 0.3) is 0 Å². The number of H-pyrrole nitrogens is 1. The molecule has 4 N–H and O–H groups in total. The van der Waals surface area contributed by atoms with Crippen molar-refractivity contribution in [3.63, 3.8) is 0 Å². The van der Waals surface area contributed by atoms with Crippen LogP contribution in [0.4, 0.5) is 11.5 Å². The van der Waals surface area contributed by atoms with Crippen molar-refractivity contribution in [3.8, 4) is 11.4 Å². The van der Waals surface area contributed by atoms with Gasteiger partial charge in [-0.1, -0.05) is 12.1 Å². The third kappa shape index (κ3) is 3.94. The summed E-state index contributed by atoms with van der Waals surface area (Å²) < 4.78 is 0. The molecule has 0 aliphatic carbocycles. The maximum atomic E-state index is 5.88. The van der Waals surface area contributed by atoms with E-state index in [-0.39, 0.29) is 0 Å². The van der Waals surface area contributed by atoms with Gasteiger partial charge in [0.2, 0.25) is 0 Å². The maximum absolute atomic E-state index is 5.88. The number of aromatic amines is 1. The molecule has 3 aromatic rings. The van der Waals surface area contributed by atoms with Gasteiger partial charge < -0.3 is 16.0 Å². The minimum Gasteiger partial charge on any atom is -0.399 e. The van der Waals surface area contributed by atoms with E-state index in [1.54, 1.807) is 0 Å². The second-order valence-electron chi connectivity index (χ2n) is 6.98. The number of hydrogen-bond donors (Lipinski definition) is 3. The van der Waals surface area contributed by atoms with Crippen molar-refractivity contribution in [1.82, 2.24) is 24.8 Å². The Morgan fingerprint density at radius 1 is 1.15 bits per heavy atom. The largest absolute Gasteiger partial charge is 0.399 e. The molecule has 0 amide bonds. The van der Waals surface area contributed by atoms with Gasteiger partial charge in [-0.3, -0.25) is 4.90 Å². The molecule has 0 saturated heterocycles. The van der Waals surface area contributed by atoms with E-state index in [4.69, 9.17) is 5.73 Å². The van der Waals surface area contributed by atoms with Crippen molar-refractivity contribution in [2.45, 2.75) is 39.8 Å². The zero-order valence-corrected chi connectivity index (χ0v) is 15.8. The van der Waals surface area contributed by atoms with E-state index < -0.39 is 0 Å². The number of imidazole rings is 1. The van der Waals surface area contributed by atoms with Crippen LogP contribution in [0.3, 0.4) is 0 Å². The van der Waals surface area contributed by atoms with E-state index in [0.717, 1.165) is 35.8 Å². The lowest BCUT2D eigenvalue weighted by atomic mass is 10.2. The molecule has 0 aliphatic rings. The van der Waals surface area contributed by atoms with Crippen LogP contribution < -0.4 is 11.1 Å². The van der Waals surface area contributed by atoms with Crippen LogP contribution in [0.15, 0.2) is 30.6 Å². The summed E-state index contributed by atoms with van der Waals surface area (Å²) in [6.07, 6.45) is 1.54. The number of nitrogen functional groups attached to an aromatic ring is 1. The van der Waals surface area contributed by atoms with Crippen LogP contribution in [0.5, 0.6) is 0 Å². The summed E-state index contributed by atoms with van der Waals surface area (Å²) in [6, 6.07) is 8.64. The van der Waals surface area contributed by atoms with Crippen LogP contribution in [-0.4, -0.2) is 50.0 Å². The van der Waals surface area contributed by atoms with Crippen molar-refractivity contribution in [1.29, 1.82) is 0 Å². The first kappa shape index (κ1) is 18.1. The predicted molar refractivity (Wildman–Crippen MR) is 107 cm³/mol. The number of aromatic nitrogens is 4. The van der Waals surface area contributed by atoms with Gasteiger partial charge in [-0.25, -0.2) is 15.0 Å². The Hall–Kier alpha value is -2.67. The highest BCUT2D eigenvalue weighted by atomic mass is 15.2. The third-order valence-corrected chi connectivity index (χ3v) is 4.44. The number of benzene rings is 1. The average molecular weight is 353 g/mol. The van der Waals surface area contributed by atoms with Crippen molar-refractivity contribution in [2.75, 3.05) is 24.1 Å². The van der Waals surface area contributed by atoms with Gasteiger partial charge in [-0.15, -0.1) is 0 Å². The monoisotopic (exact) mass is 353 g/mol. The summed E-state index contributed by atoms with van der Waals surface area (Å²) in [5, 5.41) is 3.42. The van der Waals surface area contributed by atoms with E-state index in [0.29, 0.717) is 23.4 Å². The standard InChI is InChI=1S/C19H27N7/c1-12(2)26(13(3)4)9-8-21-18-16-19(23-11-22-18)25-17(24-16)14-6-5-7-15(20)10-14/h5-7,10-13H,8-9,20H2,1-4H3,(H2,21,22,23,24,25). The summed E-state index contributed by atoms with van der Waals surface area (Å²) in [7, 11) is 0. The Balaban J connectivity index is 1.79. The minimum absolute atomic E-state index is 0.504. The molecule has 3 rings (SSSR count). The lowest BCUT2D eigenvalue weighted by Crippen LogP contribution is -2.40. The first-order valence-corrected chi connectivity index (χ1v) is 9.02. The average Bonchev–Trinajstić information content (AvgIpc) is 3.03. The molecule has 0 bridgehead atoms. The maximum Gasteiger partial charge on any atom is 0.183 e. The molecule has 0 aliphatic heterocycles. The van der Waals surface area contributed by atoms with Crippen molar-refractivity contribution in [2.24, 2.45) is 0 Å². The first-order valence-electron chi connectivity index (χ1n) is 9.02. The van der Waals surface area contributed by atoms with E-state index in [1.165, 1.54) is 6.33 Å². The van der Waals surface area contributed by atoms with Crippen molar-refractivity contribution in [3.05, 3.63) is 30.6 Å². The number of nitrogens with two attached hydrogens (primary N) is 1. The number of anilines is 2. The number of nitrogens with zero attached hydrogens (tertiary/aromatic N) is 4. The zero-order chi connectivity index (χ0) is 18.7. The highest BCUT2D eigenvalue weighted by Gasteiger charge is 2.14. The smallest absolute Gasteiger partial charge is 0.183 e. The SMILES string of the molecule is CC(C)N(CCNc1ncnc2nc(-c3cccc(N)c3)[nH]c12)C(C)C. The summed E-state index contributed by atoms with van der Waals surface area (Å²) >= 11 is 0. The lowest BCUT2D eigenvalue weighted by molar-refractivity contribution is 0.182. The van der Waals surface area contributed by atoms with Gasteiger partial charge in [-0.05, 0) is 39.8 Å². The van der Waals surface area contributed by atoms with Crippen LogP contribution >= 0.6 is 0 Å². The van der Waals surface area contributed by atoms with Crippen LogP contribution in [-0.2, 0) is 0 Å². The zero-order valence-electron chi connectivity index (χ0n) is 15.8. The molecule has 0 saturated carbocycles. The molecule has 26 heavy (non-hydrogen) atoms. The Morgan fingerprint density at radius 2 is 1.92 bits per heavy atom. The van der Waals surface area contributed by atoms with Crippen LogP contribution in [0.25, 0.3) is 22.6 Å². The third-order valence-electron chi connectivity index (χ3n) is 4.44. The molecule has 0 radical (unpaired) electrons. The first-order chi connectivity index (χ1) is 12.5. The summed E-state index contributed by atoms with van der Waals surface area (Å²) in [5.41, 5.74) is 8.96. The molecule has 7 nitrogen and oxygen atoms in total. The molecule has 0 unspecified atom stereocenters. The molecule has 0 spiro atoms. The Labute approximate surface area is 154 Å². The number of rotatable bonds is 7. The van der Waals surface area contributed by atoms with Crippen molar-refractivity contribution >= 4 is 22.7 Å². The topological polar surface area (TPSA) is 95.8 Å². The van der Waals surface area contributed by atoms with Gasteiger partial charge in [0, 0.05) is 36.4 Å². The van der Waals surface area contributed by atoms with E-state index in [9.17, 15) is 0 Å². The normalized spacial score (nSPS) is 11.8. The van der Waals surface area contributed by atoms with Crippen molar-refractivity contribution < 1.29 is 0 Å². The van der Waals surface area contributed by atoms with Crippen LogP contribution in [0.2, 0.25) is 0 Å². The van der Waals surface area contributed by atoms with E-state index in [2.05, 4.69) is 57.8 Å². The predicted octanol–water partition coefficient (Wildman–Crippen LogP) is 3.13. The van der Waals surface area contributed by atoms with Gasteiger partial charge in [-0.2, -0.15) is 0 Å². The Morgan fingerprint density at radius 3 is 2.62 bits per heavy atom. The van der Waals surface area contributed by atoms with Gasteiger partial charge in [0.05, 0.1) is 0 Å². The number of nitrogens with one attached hydrogen (secondary N) is 2. The summed E-state index contributed by atoms with van der Waals surface area (Å²) in [4.78, 5) is 19.0. The molecular weight excluding hydrogens is 326 g/mol. The van der Waals surface area contributed by atoms with Gasteiger partial charge in [0.15, 0.2) is 11.5 Å². The van der Waals surface area contributed by atoms with E-state index >= 15 is 0 Å².